The molecule has 5 rings (SSSR count). The molecule has 37 heavy (non-hydrogen) atoms. The Morgan fingerprint density at radius 1 is 1.19 bits per heavy atom. The number of nitrogens with one attached hydrogen (secondary N) is 1. The SMILES string of the molecule is COc1cc(-n2cnc3cc(-c4ccc(Cl)cc4)sc3c2=O)ccc1OC[C@H](OC(=O)CNCl)C1CC1. The van der Waals surface area contributed by atoms with Gasteiger partial charge in [0.15, 0.2) is 11.5 Å². The maximum absolute atomic E-state index is 13.3. The molecule has 1 aliphatic rings. The van der Waals surface area contributed by atoms with Gasteiger partial charge in [0, 0.05) is 16.0 Å². The van der Waals surface area contributed by atoms with Crippen LogP contribution in [0.25, 0.3) is 26.3 Å². The molecule has 0 radical (unpaired) electrons. The van der Waals surface area contributed by atoms with Crippen LogP contribution in [0.5, 0.6) is 11.5 Å². The second-order valence-corrected chi connectivity index (χ2v) is 10.3. The number of hydrogen-bond acceptors (Lipinski definition) is 8. The Balaban J connectivity index is 1.38. The number of halogens is 2. The minimum Gasteiger partial charge on any atom is -0.493 e. The summed E-state index contributed by atoms with van der Waals surface area (Å²) >= 11 is 12.8. The van der Waals surface area contributed by atoms with Crippen LogP contribution in [0.15, 0.2) is 59.7 Å². The van der Waals surface area contributed by atoms with E-state index < -0.39 is 5.97 Å². The third-order valence-electron chi connectivity index (χ3n) is 6.04. The molecule has 0 aliphatic heterocycles. The van der Waals surface area contributed by atoms with E-state index in [1.54, 1.807) is 18.2 Å². The Hall–Kier alpha value is -3.11. The van der Waals surface area contributed by atoms with Gasteiger partial charge in [0.05, 0.1) is 18.3 Å². The molecule has 1 aliphatic carbocycles. The average molecular weight is 560 g/mol. The van der Waals surface area contributed by atoms with Gasteiger partial charge >= 0.3 is 5.97 Å². The standard InChI is InChI=1S/C26H23Cl2N3O5S/c1-34-21-10-18(8-9-20(21)35-13-22(15-2-3-15)36-24(32)12-30-28)31-14-29-19-11-23(37-25(19)26(31)33)16-4-6-17(27)7-5-16/h4-11,14-15,22,30H,2-3,12-13H2,1H3/t22-/m0/s1. The topological polar surface area (TPSA) is 91.7 Å². The molecule has 1 atom stereocenters. The molecule has 11 heteroatoms. The highest BCUT2D eigenvalue weighted by atomic mass is 35.5. The largest absolute Gasteiger partial charge is 0.493 e. The molecule has 2 aromatic carbocycles. The molecular formula is C26H23Cl2N3O5S. The van der Waals surface area contributed by atoms with E-state index >= 15 is 0 Å². The van der Waals surface area contributed by atoms with E-state index in [0.717, 1.165) is 23.3 Å². The van der Waals surface area contributed by atoms with Crippen molar-refractivity contribution < 1.29 is 19.0 Å². The lowest BCUT2D eigenvalue weighted by Crippen LogP contribution is -2.30. The van der Waals surface area contributed by atoms with Crippen molar-refractivity contribution in [2.45, 2.75) is 18.9 Å². The number of rotatable bonds is 10. The molecule has 2 aromatic heterocycles. The molecule has 2 heterocycles. The monoisotopic (exact) mass is 559 g/mol. The molecule has 1 fully saturated rings. The van der Waals surface area contributed by atoms with Crippen molar-refractivity contribution in [3.8, 4) is 27.6 Å². The van der Waals surface area contributed by atoms with E-state index in [0.29, 0.717) is 32.4 Å². The molecule has 0 amide bonds. The van der Waals surface area contributed by atoms with E-state index in [-0.39, 0.29) is 30.7 Å². The van der Waals surface area contributed by atoms with Crippen molar-refractivity contribution in [2.24, 2.45) is 5.92 Å². The molecule has 8 nitrogen and oxygen atoms in total. The zero-order valence-electron chi connectivity index (χ0n) is 19.8. The fourth-order valence-electron chi connectivity index (χ4n) is 3.95. The predicted octanol–water partition coefficient (Wildman–Crippen LogP) is 5.22. The smallest absolute Gasteiger partial charge is 0.321 e. The van der Waals surface area contributed by atoms with Crippen molar-refractivity contribution in [3.05, 3.63) is 70.2 Å². The van der Waals surface area contributed by atoms with Gasteiger partial charge in [-0.25, -0.2) is 9.82 Å². The Kier molecular flexibility index (Phi) is 7.66. The van der Waals surface area contributed by atoms with E-state index in [9.17, 15) is 9.59 Å². The van der Waals surface area contributed by atoms with E-state index in [1.165, 1.54) is 29.3 Å². The third-order valence-corrected chi connectivity index (χ3v) is 7.58. The number of thiophene rings is 1. The second-order valence-electron chi connectivity index (χ2n) is 8.57. The van der Waals surface area contributed by atoms with Crippen LogP contribution in [0.3, 0.4) is 0 Å². The van der Waals surface area contributed by atoms with Crippen LogP contribution < -0.4 is 19.9 Å². The molecule has 0 spiro atoms. The van der Waals surface area contributed by atoms with Gasteiger partial charge in [-0.05, 0) is 66.4 Å². The predicted molar refractivity (Wildman–Crippen MR) is 144 cm³/mol. The summed E-state index contributed by atoms with van der Waals surface area (Å²) in [5, 5.41) is 0.652. The number of ether oxygens (including phenoxy) is 3. The van der Waals surface area contributed by atoms with Gasteiger partial charge in [0.2, 0.25) is 0 Å². The summed E-state index contributed by atoms with van der Waals surface area (Å²) in [5.74, 6) is 0.754. The maximum Gasteiger partial charge on any atom is 0.321 e. The third kappa shape index (κ3) is 5.75. The summed E-state index contributed by atoms with van der Waals surface area (Å²) in [7, 11) is 1.53. The van der Waals surface area contributed by atoms with Gasteiger partial charge in [-0.1, -0.05) is 23.7 Å². The summed E-state index contributed by atoms with van der Waals surface area (Å²) in [6, 6.07) is 14.6. The van der Waals surface area contributed by atoms with Gasteiger partial charge in [0.25, 0.3) is 5.56 Å². The number of fused-ring (bicyclic) bond motifs is 1. The quantitative estimate of drug-likeness (QED) is 0.210. The summed E-state index contributed by atoms with van der Waals surface area (Å²) in [6.07, 6.45) is 3.09. The Bertz CT molecular complexity index is 1480. The fraction of sp³-hybridized carbons (Fsp3) is 0.269. The number of carbonyl (C=O) groups is 1. The summed E-state index contributed by atoms with van der Waals surface area (Å²) in [4.78, 5) is 32.9. The van der Waals surface area contributed by atoms with E-state index in [2.05, 4.69) is 9.82 Å². The summed E-state index contributed by atoms with van der Waals surface area (Å²) in [5.41, 5.74) is 2.01. The fourth-order valence-corrected chi connectivity index (χ4v) is 5.23. The molecule has 0 saturated heterocycles. The Morgan fingerprint density at radius 3 is 2.68 bits per heavy atom. The molecule has 1 saturated carbocycles. The number of nitrogens with zero attached hydrogens (tertiary/aromatic N) is 2. The first kappa shape index (κ1) is 25.5. The number of esters is 1. The van der Waals surface area contributed by atoms with Crippen molar-refractivity contribution in [1.29, 1.82) is 0 Å². The summed E-state index contributed by atoms with van der Waals surface area (Å²) < 4.78 is 19.0. The van der Waals surface area contributed by atoms with Crippen LogP contribution in [0.2, 0.25) is 5.02 Å². The van der Waals surface area contributed by atoms with Crippen LogP contribution in [0.1, 0.15) is 12.8 Å². The second kappa shape index (κ2) is 11.1. The molecule has 4 aromatic rings. The number of aromatic nitrogens is 2. The first-order valence-electron chi connectivity index (χ1n) is 11.6. The number of methoxy groups -OCH3 is 1. The molecule has 1 N–H and O–H groups in total. The Morgan fingerprint density at radius 2 is 1.97 bits per heavy atom. The van der Waals surface area contributed by atoms with Crippen LogP contribution >= 0.6 is 34.7 Å². The molecule has 0 bridgehead atoms. The van der Waals surface area contributed by atoms with E-state index in [4.69, 9.17) is 37.6 Å². The van der Waals surface area contributed by atoms with Gasteiger partial charge in [0.1, 0.15) is 30.3 Å². The minimum absolute atomic E-state index is 0.0820. The lowest BCUT2D eigenvalue weighted by molar-refractivity contribution is -0.150. The lowest BCUT2D eigenvalue weighted by atomic mass is 10.2. The van der Waals surface area contributed by atoms with Crippen LogP contribution in [-0.2, 0) is 9.53 Å². The molecule has 192 valence electrons. The lowest BCUT2D eigenvalue weighted by Gasteiger charge is -2.19. The highest BCUT2D eigenvalue weighted by Gasteiger charge is 2.35. The normalized spacial score (nSPS) is 13.9. The highest BCUT2D eigenvalue weighted by molar-refractivity contribution is 7.22. The number of hydrogen-bond donors (Lipinski definition) is 1. The average Bonchev–Trinajstić information content (AvgIpc) is 3.65. The number of benzene rings is 2. The minimum atomic E-state index is -0.437. The van der Waals surface area contributed by atoms with Crippen LogP contribution in [-0.4, -0.2) is 41.9 Å². The van der Waals surface area contributed by atoms with Gasteiger partial charge in [-0.3, -0.25) is 14.2 Å². The van der Waals surface area contributed by atoms with Crippen molar-refractivity contribution in [3.63, 3.8) is 0 Å². The van der Waals surface area contributed by atoms with Gasteiger partial charge in [-0.15, -0.1) is 11.3 Å². The first-order valence-corrected chi connectivity index (χ1v) is 13.2. The first-order chi connectivity index (χ1) is 18.0. The Labute approximate surface area is 226 Å². The van der Waals surface area contributed by atoms with Crippen LogP contribution in [0, 0.1) is 5.92 Å². The van der Waals surface area contributed by atoms with Crippen molar-refractivity contribution in [2.75, 3.05) is 20.3 Å². The molecular weight excluding hydrogens is 537 g/mol. The van der Waals surface area contributed by atoms with Crippen molar-refractivity contribution in [1.82, 2.24) is 14.4 Å². The van der Waals surface area contributed by atoms with Gasteiger partial charge < -0.3 is 14.2 Å². The van der Waals surface area contributed by atoms with Crippen LogP contribution in [0.4, 0.5) is 0 Å². The highest BCUT2D eigenvalue weighted by Crippen LogP contribution is 2.36. The molecule has 0 unspecified atom stereocenters. The zero-order valence-corrected chi connectivity index (χ0v) is 22.1. The number of carbonyl (C=O) groups excluding carboxylic acids is 1. The summed E-state index contributed by atoms with van der Waals surface area (Å²) in [6.45, 7) is 0.103. The van der Waals surface area contributed by atoms with E-state index in [1.807, 2.05) is 30.3 Å². The van der Waals surface area contributed by atoms with Crippen molar-refractivity contribution >= 4 is 50.9 Å². The zero-order chi connectivity index (χ0) is 25.9. The maximum atomic E-state index is 13.3. The van der Waals surface area contributed by atoms with Gasteiger partial charge in [-0.2, -0.15) is 0 Å².